The van der Waals surface area contributed by atoms with E-state index in [-0.39, 0.29) is 0 Å². The second-order valence-corrected chi connectivity index (χ2v) is 8.99. The molecule has 1 N–H and O–H groups in total. The van der Waals surface area contributed by atoms with Gasteiger partial charge in [-0.25, -0.2) is 9.78 Å². The number of rotatable bonds is 6. The zero-order valence-electron chi connectivity index (χ0n) is 17.4. The second kappa shape index (κ2) is 8.71. The number of halogens is 1. The van der Waals surface area contributed by atoms with Crippen molar-refractivity contribution in [3.8, 4) is 5.75 Å². The lowest BCUT2D eigenvalue weighted by atomic mass is 10.0. The van der Waals surface area contributed by atoms with E-state index in [0.29, 0.717) is 5.75 Å². The summed E-state index contributed by atoms with van der Waals surface area (Å²) in [6, 6.07) is 8.27. The van der Waals surface area contributed by atoms with Gasteiger partial charge in [-0.3, -0.25) is 4.90 Å². The highest BCUT2D eigenvalue weighted by molar-refractivity contribution is 9.10. The van der Waals surface area contributed by atoms with E-state index in [1.165, 1.54) is 5.56 Å². The summed E-state index contributed by atoms with van der Waals surface area (Å²) in [5.41, 5.74) is 1.89. The van der Waals surface area contributed by atoms with E-state index in [0.717, 1.165) is 54.1 Å². The second-order valence-electron chi connectivity index (χ2n) is 8.07. The largest absolute Gasteiger partial charge is 0.478 e. The van der Waals surface area contributed by atoms with Crippen LogP contribution in [0.3, 0.4) is 0 Å². The zero-order chi connectivity index (χ0) is 21.2. The molecule has 0 unspecified atom stereocenters. The molecule has 2 heterocycles. The Morgan fingerprint density at radius 1 is 1.17 bits per heavy atom. The molecule has 1 aromatic heterocycles. The molecule has 0 saturated carbocycles. The fourth-order valence-electron chi connectivity index (χ4n) is 3.54. The number of carbonyl (C=O) groups is 1. The number of hydrogen-bond acceptors (Lipinski definition) is 5. The molecule has 0 aliphatic carbocycles. The maximum atomic E-state index is 11.4. The molecule has 6 nitrogen and oxygen atoms in total. The lowest BCUT2D eigenvalue weighted by Gasteiger charge is -2.35. The van der Waals surface area contributed by atoms with Crippen LogP contribution in [0.4, 0.5) is 5.82 Å². The highest BCUT2D eigenvalue weighted by atomic mass is 79.9. The van der Waals surface area contributed by atoms with E-state index in [4.69, 9.17) is 4.74 Å². The van der Waals surface area contributed by atoms with Gasteiger partial charge in [0.1, 0.15) is 11.6 Å². The Balaban J connectivity index is 1.63. The van der Waals surface area contributed by atoms with Crippen molar-refractivity contribution in [3.05, 3.63) is 51.6 Å². The third-order valence-electron chi connectivity index (χ3n) is 5.21. The molecule has 1 fully saturated rings. The molecule has 0 radical (unpaired) electrons. The zero-order valence-corrected chi connectivity index (χ0v) is 19.0. The quantitative estimate of drug-likeness (QED) is 0.700. The van der Waals surface area contributed by atoms with Gasteiger partial charge < -0.3 is 14.7 Å². The molecule has 7 heteroatoms. The predicted molar refractivity (Wildman–Crippen MR) is 118 cm³/mol. The first-order valence-electron chi connectivity index (χ1n) is 9.77. The first-order valence-corrected chi connectivity index (χ1v) is 10.6. The molecule has 0 bridgehead atoms. The van der Waals surface area contributed by atoms with Crippen LogP contribution in [0.2, 0.25) is 0 Å². The number of nitrogens with zero attached hydrogens (tertiary/aromatic N) is 3. The monoisotopic (exact) mass is 461 g/mol. The average Bonchev–Trinajstić information content (AvgIpc) is 2.66. The van der Waals surface area contributed by atoms with Crippen LogP contribution in [0.25, 0.3) is 0 Å². The standard InChI is InChI=1S/C22H28BrN3O3/c1-15-11-17(12-16(2)20(15)29-22(3,4)21(27)28)14-25-7-9-26(10-8-25)19-6-5-18(23)13-24-19/h5-6,11-13H,7-10,14H2,1-4H3,(H,27,28). The van der Waals surface area contributed by atoms with E-state index in [1.807, 2.05) is 32.2 Å². The van der Waals surface area contributed by atoms with Crippen LogP contribution >= 0.6 is 15.9 Å². The Kier molecular flexibility index (Phi) is 6.49. The van der Waals surface area contributed by atoms with Crippen molar-refractivity contribution in [2.24, 2.45) is 0 Å². The topological polar surface area (TPSA) is 65.9 Å². The fraction of sp³-hybridized carbons (Fsp3) is 0.455. The molecule has 29 heavy (non-hydrogen) atoms. The van der Waals surface area contributed by atoms with E-state index in [2.05, 4.69) is 42.8 Å². The lowest BCUT2D eigenvalue weighted by molar-refractivity contribution is -0.152. The summed E-state index contributed by atoms with van der Waals surface area (Å²) >= 11 is 3.43. The summed E-state index contributed by atoms with van der Waals surface area (Å²) in [5, 5.41) is 9.33. The van der Waals surface area contributed by atoms with Crippen molar-refractivity contribution in [2.75, 3.05) is 31.1 Å². The van der Waals surface area contributed by atoms with Crippen LogP contribution in [0.15, 0.2) is 34.9 Å². The molecule has 1 aliphatic rings. The number of piperazine rings is 1. The van der Waals surface area contributed by atoms with E-state index >= 15 is 0 Å². The van der Waals surface area contributed by atoms with Crippen LogP contribution in [0.1, 0.15) is 30.5 Å². The van der Waals surface area contributed by atoms with Gasteiger partial charge in [0.2, 0.25) is 0 Å². The van der Waals surface area contributed by atoms with Crippen LogP contribution in [-0.4, -0.2) is 52.7 Å². The highest BCUT2D eigenvalue weighted by Crippen LogP contribution is 2.29. The van der Waals surface area contributed by atoms with Gasteiger partial charge in [-0.2, -0.15) is 0 Å². The summed E-state index contributed by atoms with van der Waals surface area (Å²) < 4.78 is 6.80. The summed E-state index contributed by atoms with van der Waals surface area (Å²) in [6.45, 7) is 11.8. The minimum atomic E-state index is -1.26. The SMILES string of the molecule is Cc1cc(CN2CCN(c3ccc(Br)cn3)CC2)cc(C)c1OC(C)(C)C(=O)O. The third-order valence-corrected chi connectivity index (χ3v) is 5.68. The minimum absolute atomic E-state index is 0.660. The molecular weight excluding hydrogens is 434 g/mol. The smallest absolute Gasteiger partial charge is 0.347 e. The van der Waals surface area contributed by atoms with Gasteiger partial charge in [0.15, 0.2) is 5.60 Å². The molecule has 0 spiro atoms. The Morgan fingerprint density at radius 3 is 2.31 bits per heavy atom. The number of aryl methyl sites for hydroxylation is 2. The molecule has 0 amide bonds. The molecule has 1 aliphatic heterocycles. The summed E-state index contributed by atoms with van der Waals surface area (Å²) in [6.07, 6.45) is 1.84. The van der Waals surface area contributed by atoms with Crippen LogP contribution < -0.4 is 9.64 Å². The number of anilines is 1. The van der Waals surface area contributed by atoms with E-state index in [1.54, 1.807) is 13.8 Å². The predicted octanol–water partition coefficient (Wildman–Crippen LogP) is 4.03. The Hall–Kier alpha value is -2.12. The molecule has 2 aromatic rings. The van der Waals surface area contributed by atoms with Crippen LogP contribution in [-0.2, 0) is 11.3 Å². The molecule has 1 aromatic carbocycles. The van der Waals surface area contributed by atoms with Gasteiger partial charge in [0.25, 0.3) is 0 Å². The van der Waals surface area contributed by atoms with Crippen molar-refractivity contribution in [1.29, 1.82) is 0 Å². The molecule has 1 saturated heterocycles. The van der Waals surface area contributed by atoms with Gasteiger partial charge in [-0.15, -0.1) is 0 Å². The van der Waals surface area contributed by atoms with Crippen LogP contribution in [0, 0.1) is 13.8 Å². The number of aliphatic carboxylic acids is 1. The van der Waals surface area contributed by atoms with E-state index < -0.39 is 11.6 Å². The van der Waals surface area contributed by atoms with Crippen molar-refractivity contribution in [2.45, 2.75) is 39.8 Å². The highest BCUT2D eigenvalue weighted by Gasteiger charge is 2.30. The molecule has 0 atom stereocenters. The Bertz CT molecular complexity index is 852. The summed E-state index contributed by atoms with van der Waals surface area (Å²) in [4.78, 5) is 20.6. The molecule has 156 valence electrons. The summed E-state index contributed by atoms with van der Waals surface area (Å²) in [7, 11) is 0. The number of pyridine rings is 1. The normalized spacial score (nSPS) is 15.4. The first kappa shape index (κ1) is 21.6. The number of benzene rings is 1. The number of ether oxygens (including phenoxy) is 1. The summed E-state index contributed by atoms with van der Waals surface area (Å²) in [5.74, 6) is 0.702. The van der Waals surface area contributed by atoms with E-state index in [9.17, 15) is 9.90 Å². The van der Waals surface area contributed by atoms with Crippen molar-refractivity contribution in [1.82, 2.24) is 9.88 Å². The maximum absolute atomic E-state index is 11.4. The first-order chi connectivity index (χ1) is 13.7. The Morgan fingerprint density at radius 2 is 1.79 bits per heavy atom. The average molecular weight is 462 g/mol. The number of hydrogen-bond donors (Lipinski definition) is 1. The number of aromatic nitrogens is 1. The van der Waals surface area contributed by atoms with Gasteiger partial charge >= 0.3 is 5.97 Å². The van der Waals surface area contributed by atoms with Gasteiger partial charge in [0, 0.05) is 43.4 Å². The minimum Gasteiger partial charge on any atom is -0.478 e. The van der Waals surface area contributed by atoms with Crippen molar-refractivity contribution < 1.29 is 14.6 Å². The lowest BCUT2D eigenvalue weighted by Crippen LogP contribution is -2.46. The Labute approximate surface area is 180 Å². The van der Waals surface area contributed by atoms with Crippen molar-refractivity contribution in [3.63, 3.8) is 0 Å². The third kappa shape index (κ3) is 5.28. The molecular formula is C22H28BrN3O3. The van der Waals surface area contributed by atoms with Crippen molar-refractivity contribution >= 4 is 27.7 Å². The van der Waals surface area contributed by atoms with Gasteiger partial charge in [0.05, 0.1) is 0 Å². The molecule has 3 rings (SSSR count). The van der Waals surface area contributed by atoms with Gasteiger partial charge in [-0.1, -0.05) is 12.1 Å². The van der Waals surface area contributed by atoms with Gasteiger partial charge in [-0.05, 0) is 72.4 Å². The number of carboxylic acid groups (broad SMARTS) is 1. The van der Waals surface area contributed by atoms with Crippen LogP contribution in [0.5, 0.6) is 5.75 Å². The fourth-order valence-corrected chi connectivity index (χ4v) is 3.77. The maximum Gasteiger partial charge on any atom is 0.347 e. The number of carboxylic acids is 1.